The summed E-state index contributed by atoms with van der Waals surface area (Å²) in [6, 6.07) is 0.420. The van der Waals surface area contributed by atoms with Crippen LogP contribution in [0.2, 0.25) is 0 Å². The first-order valence-electron chi connectivity index (χ1n) is 5.73. The summed E-state index contributed by atoms with van der Waals surface area (Å²) in [4.78, 5) is 11.6. The molecular formula is C11H19NO3. The SMILES string of the molecule is COC(=O)C(NC1CC1)C1CCOCC1. The normalized spacial score (nSPS) is 24.9. The molecule has 1 N–H and O–H groups in total. The molecule has 1 aliphatic carbocycles. The Bertz CT molecular complexity index is 222. The third kappa shape index (κ3) is 2.92. The fourth-order valence-electron chi connectivity index (χ4n) is 2.08. The van der Waals surface area contributed by atoms with Gasteiger partial charge in [-0.25, -0.2) is 0 Å². The molecule has 0 aromatic rings. The zero-order valence-corrected chi connectivity index (χ0v) is 9.20. The van der Waals surface area contributed by atoms with E-state index in [0.717, 1.165) is 26.1 Å². The third-order valence-corrected chi connectivity index (χ3v) is 3.19. The molecule has 0 aromatic carbocycles. The number of nitrogens with one attached hydrogen (secondary N) is 1. The fraction of sp³-hybridized carbons (Fsp3) is 0.909. The standard InChI is InChI=1S/C11H19NO3/c1-14-11(13)10(12-9-2-3-9)8-4-6-15-7-5-8/h8-10,12H,2-7H2,1H3. The Morgan fingerprint density at radius 3 is 2.53 bits per heavy atom. The van der Waals surface area contributed by atoms with Gasteiger partial charge in [0.1, 0.15) is 6.04 Å². The number of carbonyl (C=O) groups is 1. The number of ether oxygens (including phenoxy) is 2. The monoisotopic (exact) mass is 213 g/mol. The van der Waals surface area contributed by atoms with E-state index in [0.29, 0.717) is 12.0 Å². The van der Waals surface area contributed by atoms with Crippen LogP contribution < -0.4 is 5.32 Å². The van der Waals surface area contributed by atoms with Gasteiger partial charge in [-0.15, -0.1) is 0 Å². The van der Waals surface area contributed by atoms with Gasteiger partial charge in [-0.1, -0.05) is 0 Å². The summed E-state index contributed by atoms with van der Waals surface area (Å²) >= 11 is 0. The highest BCUT2D eigenvalue weighted by molar-refractivity contribution is 5.76. The first-order valence-corrected chi connectivity index (χ1v) is 5.73. The lowest BCUT2D eigenvalue weighted by atomic mass is 9.91. The van der Waals surface area contributed by atoms with Crippen molar-refractivity contribution in [1.29, 1.82) is 0 Å². The highest BCUT2D eigenvalue weighted by Crippen LogP contribution is 2.25. The maximum Gasteiger partial charge on any atom is 0.323 e. The van der Waals surface area contributed by atoms with Gasteiger partial charge in [0.05, 0.1) is 7.11 Å². The smallest absolute Gasteiger partial charge is 0.323 e. The van der Waals surface area contributed by atoms with Gasteiger partial charge in [-0.3, -0.25) is 4.79 Å². The highest BCUT2D eigenvalue weighted by Gasteiger charge is 2.35. The topological polar surface area (TPSA) is 47.6 Å². The minimum absolute atomic E-state index is 0.117. The molecule has 15 heavy (non-hydrogen) atoms. The minimum atomic E-state index is -0.119. The molecule has 4 nitrogen and oxygen atoms in total. The number of carbonyl (C=O) groups excluding carboxylic acids is 1. The van der Waals surface area contributed by atoms with E-state index in [9.17, 15) is 4.79 Å². The molecule has 2 fully saturated rings. The molecule has 1 atom stereocenters. The largest absolute Gasteiger partial charge is 0.468 e. The zero-order valence-electron chi connectivity index (χ0n) is 9.20. The number of esters is 1. The van der Waals surface area contributed by atoms with Gasteiger partial charge in [-0.05, 0) is 31.6 Å². The molecule has 1 heterocycles. The van der Waals surface area contributed by atoms with Gasteiger partial charge in [0, 0.05) is 19.3 Å². The second-order valence-corrected chi connectivity index (χ2v) is 4.39. The molecule has 0 bridgehead atoms. The quantitative estimate of drug-likeness (QED) is 0.699. The predicted molar refractivity (Wildman–Crippen MR) is 55.5 cm³/mol. The Labute approximate surface area is 90.3 Å². The van der Waals surface area contributed by atoms with Crippen LogP contribution in [0, 0.1) is 5.92 Å². The van der Waals surface area contributed by atoms with Crippen LogP contribution in [0.1, 0.15) is 25.7 Å². The van der Waals surface area contributed by atoms with Crippen molar-refractivity contribution in [3.8, 4) is 0 Å². The van der Waals surface area contributed by atoms with E-state index < -0.39 is 0 Å². The summed E-state index contributed by atoms with van der Waals surface area (Å²) in [5, 5.41) is 3.38. The molecule has 1 unspecified atom stereocenters. The molecule has 4 heteroatoms. The van der Waals surface area contributed by atoms with Gasteiger partial charge in [0.2, 0.25) is 0 Å². The summed E-state index contributed by atoms with van der Waals surface area (Å²) < 4.78 is 10.2. The van der Waals surface area contributed by atoms with Crippen LogP contribution in [0.4, 0.5) is 0 Å². The average Bonchev–Trinajstić information content (AvgIpc) is 3.10. The van der Waals surface area contributed by atoms with Crippen LogP contribution in [0.3, 0.4) is 0 Å². The third-order valence-electron chi connectivity index (χ3n) is 3.19. The van der Waals surface area contributed by atoms with Crippen LogP contribution >= 0.6 is 0 Å². The van der Waals surface area contributed by atoms with E-state index in [1.54, 1.807) is 0 Å². The van der Waals surface area contributed by atoms with Crippen LogP contribution in [0.25, 0.3) is 0 Å². The van der Waals surface area contributed by atoms with Crippen LogP contribution in [0.15, 0.2) is 0 Å². The molecule has 1 saturated heterocycles. The Morgan fingerprint density at radius 1 is 1.33 bits per heavy atom. The van der Waals surface area contributed by atoms with Gasteiger partial charge in [0.15, 0.2) is 0 Å². The maximum absolute atomic E-state index is 11.6. The van der Waals surface area contributed by atoms with Crippen LogP contribution in [0.5, 0.6) is 0 Å². The fourth-order valence-corrected chi connectivity index (χ4v) is 2.08. The van der Waals surface area contributed by atoms with Crippen molar-refractivity contribution in [2.45, 2.75) is 37.8 Å². The van der Waals surface area contributed by atoms with E-state index >= 15 is 0 Å². The number of rotatable bonds is 4. The first-order chi connectivity index (χ1) is 7.31. The van der Waals surface area contributed by atoms with Crippen molar-refractivity contribution in [2.75, 3.05) is 20.3 Å². The summed E-state index contributed by atoms with van der Waals surface area (Å²) in [5.41, 5.74) is 0. The Kier molecular flexibility index (Phi) is 3.59. The average molecular weight is 213 g/mol. The van der Waals surface area contributed by atoms with Crippen molar-refractivity contribution in [3.63, 3.8) is 0 Å². The van der Waals surface area contributed by atoms with Crippen molar-refractivity contribution in [2.24, 2.45) is 5.92 Å². The molecule has 2 rings (SSSR count). The van der Waals surface area contributed by atoms with Gasteiger partial charge < -0.3 is 14.8 Å². The molecule has 1 saturated carbocycles. The number of methoxy groups -OCH3 is 1. The zero-order chi connectivity index (χ0) is 10.7. The lowest BCUT2D eigenvalue weighted by molar-refractivity contribution is -0.145. The summed E-state index contributed by atoms with van der Waals surface area (Å²) in [6.07, 6.45) is 4.30. The summed E-state index contributed by atoms with van der Waals surface area (Å²) in [6.45, 7) is 1.54. The van der Waals surface area contributed by atoms with E-state index in [4.69, 9.17) is 9.47 Å². The highest BCUT2D eigenvalue weighted by atomic mass is 16.5. The molecule has 2 aliphatic rings. The predicted octanol–water partition coefficient (Wildman–Crippen LogP) is 0.707. The van der Waals surface area contributed by atoms with Crippen molar-refractivity contribution in [3.05, 3.63) is 0 Å². The van der Waals surface area contributed by atoms with Crippen molar-refractivity contribution < 1.29 is 14.3 Å². The number of hydrogen-bond acceptors (Lipinski definition) is 4. The summed E-state index contributed by atoms with van der Waals surface area (Å²) in [5.74, 6) is 0.264. The first kappa shape index (κ1) is 10.9. The molecule has 0 radical (unpaired) electrons. The van der Waals surface area contributed by atoms with Gasteiger partial charge in [0.25, 0.3) is 0 Å². The van der Waals surface area contributed by atoms with Crippen LogP contribution in [-0.4, -0.2) is 38.4 Å². The second kappa shape index (κ2) is 4.94. The van der Waals surface area contributed by atoms with E-state index in [1.165, 1.54) is 20.0 Å². The van der Waals surface area contributed by atoms with Gasteiger partial charge in [-0.2, -0.15) is 0 Å². The minimum Gasteiger partial charge on any atom is -0.468 e. The summed E-state index contributed by atoms with van der Waals surface area (Å²) in [7, 11) is 1.46. The van der Waals surface area contributed by atoms with Crippen molar-refractivity contribution in [1.82, 2.24) is 5.32 Å². The molecule has 0 aromatic heterocycles. The van der Waals surface area contributed by atoms with E-state index in [-0.39, 0.29) is 12.0 Å². The van der Waals surface area contributed by atoms with Gasteiger partial charge >= 0.3 is 5.97 Å². The Morgan fingerprint density at radius 2 is 2.00 bits per heavy atom. The molecule has 0 spiro atoms. The second-order valence-electron chi connectivity index (χ2n) is 4.39. The molecule has 0 amide bonds. The van der Waals surface area contributed by atoms with E-state index in [2.05, 4.69) is 5.32 Å². The Balaban J connectivity index is 1.92. The van der Waals surface area contributed by atoms with Crippen molar-refractivity contribution >= 4 is 5.97 Å². The molecular weight excluding hydrogens is 194 g/mol. The lowest BCUT2D eigenvalue weighted by Gasteiger charge is -2.29. The molecule has 1 aliphatic heterocycles. The number of hydrogen-bond donors (Lipinski definition) is 1. The Hall–Kier alpha value is -0.610. The molecule has 86 valence electrons. The lowest BCUT2D eigenvalue weighted by Crippen LogP contribution is -2.46. The van der Waals surface area contributed by atoms with E-state index in [1.807, 2.05) is 0 Å². The van der Waals surface area contributed by atoms with Crippen LogP contribution in [-0.2, 0) is 14.3 Å². The maximum atomic E-state index is 11.6.